The van der Waals surface area contributed by atoms with Crippen LogP contribution in [-0.2, 0) is 18.9 Å². The summed E-state index contributed by atoms with van der Waals surface area (Å²) in [6, 6.07) is 39.3. The van der Waals surface area contributed by atoms with Gasteiger partial charge in [-0.05, 0) is 62.4 Å². The van der Waals surface area contributed by atoms with Gasteiger partial charge in [0.25, 0.3) is 0 Å². The standard InChI is InChI=1S/C13H15NO2.C12H13NO2.C11H9NO.C10H7NO/c1-9-11(13(15-2)16-3)8-10-6-4-5-7-12(10)14-9;1-14-12(15-2)10-7-9-5-3-4-6-11(9)13-8-10;1-8-10(7-13)6-9-4-2-3-5-11(9)12-8;12-7-8-5-9-3-1-2-4-10(9)11-6-8/h4-8,13H,1-3H3;3-8,12H,1-2H3;2-7H,1H3;1-7H. The molecule has 4 aromatic heterocycles. The molecule has 284 valence electrons. The van der Waals surface area contributed by atoms with Crippen LogP contribution in [0.4, 0.5) is 0 Å². The number of para-hydroxylation sites is 4. The van der Waals surface area contributed by atoms with E-state index in [0.29, 0.717) is 11.1 Å². The second kappa shape index (κ2) is 20.4. The van der Waals surface area contributed by atoms with Crippen molar-refractivity contribution in [2.24, 2.45) is 0 Å². The highest BCUT2D eigenvalue weighted by Gasteiger charge is 2.14. The Bertz CT molecular complexity index is 2540. The second-order valence-electron chi connectivity index (χ2n) is 12.5. The maximum atomic E-state index is 10.6. The molecule has 8 aromatic rings. The van der Waals surface area contributed by atoms with Crippen molar-refractivity contribution in [2.45, 2.75) is 26.4 Å². The summed E-state index contributed by atoms with van der Waals surface area (Å²) in [6.07, 6.45) is 4.31. The van der Waals surface area contributed by atoms with Crippen LogP contribution in [-0.4, -0.2) is 60.9 Å². The number of aromatic nitrogens is 4. The molecule has 0 saturated carbocycles. The number of hydrogen-bond donors (Lipinski definition) is 0. The Kier molecular flexibility index (Phi) is 14.9. The Labute approximate surface area is 326 Å². The molecule has 10 nitrogen and oxygen atoms in total. The molecular formula is C46H44N4O6. The molecule has 0 fully saturated rings. The lowest BCUT2D eigenvalue weighted by Crippen LogP contribution is -2.06. The van der Waals surface area contributed by atoms with Crippen molar-refractivity contribution < 1.29 is 28.5 Å². The molecule has 0 bridgehead atoms. The van der Waals surface area contributed by atoms with Gasteiger partial charge in [0.1, 0.15) is 0 Å². The molecule has 10 heteroatoms. The first-order valence-electron chi connectivity index (χ1n) is 17.8. The predicted octanol–water partition coefficient (Wildman–Crippen LogP) is 9.76. The first kappa shape index (κ1) is 40.9. The molecule has 8 rings (SSSR count). The molecular weight excluding hydrogens is 705 g/mol. The van der Waals surface area contributed by atoms with Crippen LogP contribution in [0.25, 0.3) is 43.6 Å². The highest BCUT2D eigenvalue weighted by molar-refractivity contribution is 5.87. The van der Waals surface area contributed by atoms with Crippen molar-refractivity contribution in [3.63, 3.8) is 0 Å². The zero-order valence-corrected chi connectivity index (χ0v) is 32.2. The first-order chi connectivity index (χ1) is 27.3. The largest absolute Gasteiger partial charge is 0.352 e. The quantitative estimate of drug-likeness (QED) is 0.110. The minimum atomic E-state index is -0.350. The minimum absolute atomic E-state index is 0.345. The molecule has 0 aliphatic carbocycles. The zero-order chi connectivity index (χ0) is 39.9. The molecule has 0 atom stereocenters. The number of aldehydes is 2. The summed E-state index contributed by atoms with van der Waals surface area (Å²) in [6.45, 7) is 3.81. The summed E-state index contributed by atoms with van der Waals surface area (Å²) in [4.78, 5) is 38.3. The van der Waals surface area contributed by atoms with Crippen LogP contribution in [0.1, 0.15) is 55.8 Å². The van der Waals surface area contributed by atoms with Crippen molar-refractivity contribution in [1.29, 1.82) is 0 Å². The molecule has 0 N–H and O–H groups in total. The summed E-state index contributed by atoms with van der Waals surface area (Å²) >= 11 is 0. The van der Waals surface area contributed by atoms with Crippen LogP contribution in [0.5, 0.6) is 0 Å². The Morgan fingerprint density at radius 1 is 0.482 bits per heavy atom. The molecule has 0 aliphatic heterocycles. The summed E-state index contributed by atoms with van der Waals surface area (Å²) in [5, 5.41) is 4.20. The van der Waals surface area contributed by atoms with Gasteiger partial charge in [0.15, 0.2) is 25.2 Å². The van der Waals surface area contributed by atoms with Crippen LogP contribution in [0.3, 0.4) is 0 Å². The average molecular weight is 749 g/mol. The molecule has 0 unspecified atom stereocenters. The molecule has 0 spiro atoms. The summed E-state index contributed by atoms with van der Waals surface area (Å²) < 4.78 is 20.9. The van der Waals surface area contributed by atoms with Gasteiger partial charge in [-0.15, -0.1) is 0 Å². The molecule has 56 heavy (non-hydrogen) atoms. The van der Waals surface area contributed by atoms with E-state index in [1.54, 1.807) is 40.8 Å². The van der Waals surface area contributed by atoms with Crippen LogP contribution < -0.4 is 0 Å². The molecule has 4 heterocycles. The molecule has 0 radical (unpaired) electrons. The van der Waals surface area contributed by atoms with E-state index in [2.05, 4.69) is 26.0 Å². The lowest BCUT2D eigenvalue weighted by molar-refractivity contribution is -0.106. The highest BCUT2D eigenvalue weighted by atomic mass is 16.7. The minimum Gasteiger partial charge on any atom is -0.352 e. The van der Waals surface area contributed by atoms with Gasteiger partial charge >= 0.3 is 0 Å². The van der Waals surface area contributed by atoms with E-state index < -0.39 is 0 Å². The third-order valence-electron chi connectivity index (χ3n) is 8.78. The number of rotatable bonds is 8. The number of carbonyl (C=O) groups is 2. The van der Waals surface area contributed by atoms with Crippen molar-refractivity contribution in [2.75, 3.05) is 28.4 Å². The average Bonchev–Trinajstić information content (AvgIpc) is 3.25. The maximum absolute atomic E-state index is 10.6. The van der Waals surface area contributed by atoms with Crippen molar-refractivity contribution >= 4 is 56.2 Å². The normalized spacial score (nSPS) is 10.7. The number of nitrogens with zero attached hydrogens (tertiary/aromatic N) is 4. The van der Waals surface area contributed by atoms with Crippen molar-refractivity contribution in [3.05, 3.63) is 167 Å². The van der Waals surface area contributed by atoms with E-state index in [4.69, 9.17) is 18.9 Å². The fraction of sp³-hybridized carbons (Fsp3) is 0.174. The number of pyridine rings is 4. The van der Waals surface area contributed by atoms with Gasteiger partial charge in [-0.3, -0.25) is 29.5 Å². The van der Waals surface area contributed by atoms with Gasteiger partial charge in [-0.2, -0.15) is 0 Å². The van der Waals surface area contributed by atoms with Crippen LogP contribution in [0, 0.1) is 13.8 Å². The lowest BCUT2D eigenvalue weighted by atomic mass is 10.1. The second-order valence-corrected chi connectivity index (χ2v) is 12.5. The van der Waals surface area contributed by atoms with Crippen molar-refractivity contribution in [3.8, 4) is 0 Å². The SMILES string of the molecule is COC(OC)c1cc2ccccc2nc1C.COC(OC)c1cnc2ccccc2c1.Cc1nc2ccccc2cc1C=O.O=Cc1cnc2ccccc2c1. The Morgan fingerprint density at radius 2 is 0.929 bits per heavy atom. The van der Waals surface area contributed by atoms with Crippen molar-refractivity contribution in [1.82, 2.24) is 19.9 Å². The zero-order valence-electron chi connectivity index (χ0n) is 32.2. The molecule has 0 amide bonds. The smallest absolute Gasteiger partial charge is 0.184 e. The number of methoxy groups -OCH3 is 4. The highest BCUT2D eigenvalue weighted by Crippen LogP contribution is 2.24. The van der Waals surface area contributed by atoms with E-state index in [1.165, 1.54) is 0 Å². The lowest BCUT2D eigenvalue weighted by Gasteiger charge is -2.16. The van der Waals surface area contributed by atoms with Gasteiger partial charge in [0, 0.05) is 96.0 Å². The van der Waals surface area contributed by atoms with E-state index in [1.807, 2.05) is 129 Å². The predicted molar refractivity (Wildman–Crippen MR) is 221 cm³/mol. The van der Waals surface area contributed by atoms with Gasteiger partial charge in [-0.25, -0.2) is 0 Å². The topological polar surface area (TPSA) is 123 Å². The van der Waals surface area contributed by atoms with Gasteiger partial charge in [-0.1, -0.05) is 72.8 Å². The molecule has 0 aliphatic rings. The van der Waals surface area contributed by atoms with Gasteiger partial charge in [0.2, 0.25) is 0 Å². The summed E-state index contributed by atoms with van der Waals surface area (Å²) in [7, 11) is 6.48. The molecule has 0 saturated heterocycles. The van der Waals surface area contributed by atoms with Crippen LogP contribution >= 0.6 is 0 Å². The monoisotopic (exact) mass is 748 g/mol. The van der Waals surface area contributed by atoms with Gasteiger partial charge in [0.05, 0.1) is 22.1 Å². The number of fused-ring (bicyclic) bond motifs is 4. The van der Waals surface area contributed by atoms with Crippen LogP contribution in [0.2, 0.25) is 0 Å². The number of benzene rings is 4. The van der Waals surface area contributed by atoms with E-state index >= 15 is 0 Å². The maximum Gasteiger partial charge on any atom is 0.184 e. The van der Waals surface area contributed by atoms with Gasteiger partial charge < -0.3 is 18.9 Å². The van der Waals surface area contributed by atoms with E-state index in [-0.39, 0.29) is 12.6 Å². The summed E-state index contributed by atoms with van der Waals surface area (Å²) in [5.41, 5.74) is 8.74. The Morgan fingerprint density at radius 3 is 1.45 bits per heavy atom. The van der Waals surface area contributed by atoms with E-state index in [0.717, 1.165) is 78.7 Å². The van der Waals surface area contributed by atoms with E-state index in [9.17, 15) is 9.59 Å². The Balaban J connectivity index is 0.000000144. The molecule has 4 aromatic carbocycles. The number of ether oxygens (including phenoxy) is 4. The third-order valence-corrected chi connectivity index (χ3v) is 8.78. The fourth-order valence-corrected chi connectivity index (χ4v) is 5.90. The van der Waals surface area contributed by atoms with Crippen LogP contribution in [0.15, 0.2) is 134 Å². The summed E-state index contributed by atoms with van der Waals surface area (Å²) in [5.74, 6) is 0. The fourth-order valence-electron chi connectivity index (χ4n) is 5.90. The first-order valence-corrected chi connectivity index (χ1v) is 17.8. The third kappa shape index (κ3) is 10.5. The number of carbonyl (C=O) groups excluding carboxylic acids is 2. The Hall–Kier alpha value is -6.30. The number of aryl methyl sites for hydroxylation is 2. The number of hydrogen-bond acceptors (Lipinski definition) is 10.